The fraction of sp³-hybridized carbons (Fsp3) is 0.118. The predicted octanol–water partition coefficient (Wildman–Crippen LogP) is 3.85. The molecule has 0 radical (unpaired) electrons. The molecule has 0 aliphatic carbocycles. The van der Waals surface area contributed by atoms with Crippen molar-refractivity contribution >= 4 is 12.0 Å². The highest BCUT2D eigenvalue weighted by molar-refractivity contribution is 5.86. The van der Waals surface area contributed by atoms with Gasteiger partial charge >= 0.3 is 5.97 Å². The minimum absolute atomic E-state index is 0.540. The van der Waals surface area contributed by atoms with Crippen molar-refractivity contribution in [1.82, 2.24) is 0 Å². The highest BCUT2D eigenvalue weighted by atomic mass is 16.5. The molecule has 0 aliphatic heterocycles. The Morgan fingerprint density at radius 2 is 1.90 bits per heavy atom. The van der Waals surface area contributed by atoms with Gasteiger partial charge in [-0.15, -0.1) is 0 Å². The van der Waals surface area contributed by atoms with Crippen molar-refractivity contribution in [3.05, 3.63) is 60.2 Å². The van der Waals surface area contributed by atoms with E-state index in [1.54, 1.807) is 6.08 Å². The molecular formula is C17H16O3. The monoisotopic (exact) mass is 268 g/mol. The summed E-state index contributed by atoms with van der Waals surface area (Å²) in [6.07, 6.45) is 2.67. The van der Waals surface area contributed by atoms with E-state index in [1.165, 1.54) is 0 Å². The molecule has 2 aromatic carbocycles. The van der Waals surface area contributed by atoms with Gasteiger partial charge in [0.25, 0.3) is 0 Å². The van der Waals surface area contributed by atoms with Crippen LogP contribution in [0.1, 0.15) is 12.5 Å². The molecule has 3 heteroatoms. The Balaban J connectivity index is 2.42. The summed E-state index contributed by atoms with van der Waals surface area (Å²) in [4.78, 5) is 10.7. The summed E-state index contributed by atoms with van der Waals surface area (Å²) < 4.78 is 5.52. The van der Waals surface area contributed by atoms with E-state index in [0.717, 1.165) is 22.8 Å². The van der Waals surface area contributed by atoms with Crippen molar-refractivity contribution in [2.24, 2.45) is 0 Å². The Kier molecular flexibility index (Phi) is 4.56. The topological polar surface area (TPSA) is 46.5 Å². The zero-order chi connectivity index (χ0) is 14.4. The van der Waals surface area contributed by atoms with Crippen LogP contribution in [0.15, 0.2) is 54.6 Å². The van der Waals surface area contributed by atoms with Crippen molar-refractivity contribution in [2.45, 2.75) is 6.92 Å². The predicted molar refractivity (Wildman–Crippen MR) is 79.7 cm³/mol. The first-order chi connectivity index (χ1) is 9.70. The summed E-state index contributed by atoms with van der Waals surface area (Å²) in [5.74, 6) is -0.290. The Labute approximate surface area is 118 Å². The normalized spacial score (nSPS) is 10.7. The van der Waals surface area contributed by atoms with Crippen molar-refractivity contribution in [3.63, 3.8) is 0 Å². The molecule has 0 bridgehead atoms. The first kappa shape index (κ1) is 13.9. The molecule has 3 nitrogen and oxygen atoms in total. The van der Waals surface area contributed by atoms with Crippen LogP contribution in [0.4, 0.5) is 0 Å². The minimum atomic E-state index is -0.974. The second kappa shape index (κ2) is 6.57. The third-order valence-electron chi connectivity index (χ3n) is 2.82. The molecule has 0 aromatic heterocycles. The van der Waals surface area contributed by atoms with E-state index in [2.05, 4.69) is 0 Å². The Morgan fingerprint density at radius 3 is 2.55 bits per heavy atom. The van der Waals surface area contributed by atoms with Gasteiger partial charge in [-0.3, -0.25) is 0 Å². The number of aliphatic carboxylic acids is 1. The number of carbonyl (C=O) groups is 1. The van der Waals surface area contributed by atoms with Gasteiger partial charge in [-0.2, -0.15) is 0 Å². The molecule has 0 heterocycles. The van der Waals surface area contributed by atoms with E-state index < -0.39 is 5.97 Å². The smallest absolute Gasteiger partial charge is 0.328 e. The van der Waals surface area contributed by atoms with Crippen molar-refractivity contribution in [3.8, 4) is 16.9 Å². The first-order valence-electron chi connectivity index (χ1n) is 6.44. The van der Waals surface area contributed by atoms with Gasteiger partial charge in [0.2, 0.25) is 0 Å². The van der Waals surface area contributed by atoms with Gasteiger partial charge in [0.05, 0.1) is 6.61 Å². The average molecular weight is 268 g/mol. The minimum Gasteiger partial charge on any atom is -0.493 e. The van der Waals surface area contributed by atoms with Crippen LogP contribution in [0.5, 0.6) is 5.75 Å². The van der Waals surface area contributed by atoms with Crippen molar-refractivity contribution in [2.75, 3.05) is 6.61 Å². The van der Waals surface area contributed by atoms with E-state index in [-0.39, 0.29) is 0 Å². The molecule has 20 heavy (non-hydrogen) atoms. The molecule has 0 fully saturated rings. The van der Waals surface area contributed by atoms with Gasteiger partial charge in [0.1, 0.15) is 5.75 Å². The third kappa shape index (κ3) is 3.48. The third-order valence-corrected chi connectivity index (χ3v) is 2.82. The molecule has 0 saturated heterocycles. The lowest BCUT2D eigenvalue weighted by molar-refractivity contribution is -0.131. The molecule has 2 aromatic rings. The van der Waals surface area contributed by atoms with E-state index in [0.29, 0.717) is 12.4 Å². The average Bonchev–Trinajstić information content (AvgIpc) is 2.47. The van der Waals surface area contributed by atoms with E-state index >= 15 is 0 Å². The molecule has 0 amide bonds. The van der Waals surface area contributed by atoms with Gasteiger partial charge in [-0.25, -0.2) is 4.79 Å². The van der Waals surface area contributed by atoms with E-state index in [4.69, 9.17) is 9.84 Å². The SMILES string of the molecule is CCOc1ccc(-c2ccccc2)cc1/C=C\C(=O)O. The lowest BCUT2D eigenvalue weighted by Crippen LogP contribution is -1.95. The molecule has 0 spiro atoms. The zero-order valence-corrected chi connectivity index (χ0v) is 11.2. The first-order valence-corrected chi connectivity index (χ1v) is 6.44. The quantitative estimate of drug-likeness (QED) is 0.838. The molecule has 0 atom stereocenters. The summed E-state index contributed by atoms with van der Waals surface area (Å²) in [6.45, 7) is 2.44. The number of carboxylic acid groups (broad SMARTS) is 1. The van der Waals surface area contributed by atoms with Crippen LogP contribution in [-0.2, 0) is 4.79 Å². The second-order valence-electron chi connectivity index (χ2n) is 4.22. The summed E-state index contributed by atoms with van der Waals surface area (Å²) in [5, 5.41) is 8.75. The maximum Gasteiger partial charge on any atom is 0.328 e. The second-order valence-corrected chi connectivity index (χ2v) is 4.22. The number of ether oxygens (including phenoxy) is 1. The summed E-state index contributed by atoms with van der Waals surface area (Å²) >= 11 is 0. The van der Waals surface area contributed by atoms with E-state index in [9.17, 15) is 4.79 Å². The number of hydrogen-bond donors (Lipinski definition) is 1. The van der Waals surface area contributed by atoms with Crippen LogP contribution >= 0.6 is 0 Å². The summed E-state index contributed by atoms with van der Waals surface area (Å²) in [6, 6.07) is 15.7. The number of rotatable bonds is 5. The highest BCUT2D eigenvalue weighted by Crippen LogP contribution is 2.27. The van der Waals surface area contributed by atoms with Crippen LogP contribution in [0.25, 0.3) is 17.2 Å². The van der Waals surface area contributed by atoms with Crippen molar-refractivity contribution < 1.29 is 14.6 Å². The maximum absolute atomic E-state index is 10.7. The van der Waals surface area contributed by atoms with Gasteiger partial charge < -0.3 is 9.84 Å². The Hall–Kier alpha value is -2.55. The molecule has 102 valence electrons. The van der Waals surface area contributed by atoms with Gasteiger partial charge in [-0.05, 0) is 36.3 Å². The van der Waals surface area contributed by atoms with Gasteiger partial charge in [0, 0.05) is 11.6 Å². The lowest BCUT2D eigenvalue weighted by Gasteiger charge is -2.09. The van der Waals surface area contributed by atoms with E-state index in [1.807, 2.05) is 55.5 Å². The number of benzene rings is 2. The van der Waals surface area contributed by atoms with Gasteiger partial charge in [-0.1, -0.05) is 36.4 Å². The van der Waals surface area contributed by atoms with Crippen LogP contribution in [0.3, 0.4) is 0 Å². The zero-order valence-electron chi connectivity index (χ0n) is 11.2. The summed E-state index contributed by atoms with van der Waals surface area (Å²) in [7, 11) is 0. The largest absolute Gasteiger partial charge is 0.493 e. The maximum atomic E-state index is 10.7. The van der Waals surface area contributed by atoms with Crippen LogP contribution in [-0.4, -0.2) is 17.7 Å². The van der Waals surface area contributed by atoms with Crippen LogP contribution in [0.2, 0.25) is 0 Å². The fourth-order valence-electron chi connectivity index (χ4n) is 1.94. The Morgan fingerprint density at radius 1 is 1.15 bits per heavy atom. The standard InChI is InChI=1S/C17H16O3/c1-2-20-16-10-8-14(13-6-4-3-5-7-13)12-15(16)9-11-17(18)19/h3-12H,2H2,1H3,(H,18,19)/b11-9-. The molecule has 0 unspecified atom stereocenters. The molecular weight excluding hydrogens is 252 g/mol. The van der Waals surface area contributed by atoms with Crippen LogP contribution in [0, 0.1) is 0 Å². The van der Waals surface area contributed by atoms with Crippen LogP contribution < -0.4 is 4.74 Å². The molecule has 2 rings (SSSR count). The van der Waals surface area contributed by atoms with Gasteiger partial charge in [0.15, 0.2) is 0 Å². The molecule has 0 saturated carbocycles. The lowest BCUT2D eigenvalue weighted by atomic mass is 10.0. The number of carboxylic acids is 1. The molecule has 0 aliphatic rings. The number of hydrogen-bond acceptors (Lipinski definition) is 2. The Bertz CT molecular complexity index is 615. The fourth-order valence-corrected chi connectivity index (χ4v) is 1.94. The highest BCUT2D eigenvalue weighted by Gasteiger charge is 2.04. The van der Waals surface area contributed by atoms with Crippen molar-refractivity contribution in [1.29, 1.82) is 0 Å². The summed E-state index contributed by atoms with van der Waals surface area (Å²) in [5.41, 5.74) is 2.87. The molecule has 1 N–H and O–H groups in total.